The van der Waals surface area contributed by atoms with Crippen LogP contribution in [0.15, 0.2) is 24.3 Å². The Labute approximate surface area is 117 Å². The van der Waals surface area contributed by atoms with Crippen LogP contribution in [-0.4, -0.2) is 45.2 Å². The molecule has 1 aromatic carbocycles. The van der Waals surface area contributed by atoms with Crippen LogP contribution in [0, 0.1) is 0 Å². The Morgan fingerprint density at radius 2 is 1.65 bits per heavy atom. The number of carbonyl (C=O) groups is 2. The zero-order valence-corrected chi connectivity index (χ0v) is 11.7. The summed E-state index contributed by atoms with van der Waals surface area (Å²) in [6.45, 7) is 3.30. The van der Waals surface area contributed by atoms with Crippen LogP contribution >= 0.6 is 0 Å². The molecule has 1 aliphatic heterocycles. The van der Waals surface area contributed by atoms with Crippen molar-refractivity contribution in [3.63, 3.8) is 0 Å². The molecule has 0 saturated heterocycles. The molecule has 2 rings (SSSR count). The summed E-state index contributed by atoms with van der Waals surface area (Å²) in [4.78, 5) is 25.3. The lowest BCUT2D eigenvalue weighted by atomic mass is 9.98. The van der Waals surface area contributed by atoms with E-state index in [1.165, 1.54) is 18.7 Å². The molecular weight excluding hydrogens is 258 g/mol. The van der Waals surface area contributed by atoms with Crippen LogP contribution in [0.3, 0.4) is 0 Å². The van der Waals surface area contributed by atoms with E-state index in [9.17, 15) is 19.8 Å². The van der Waals surface area contributed by atoms with Crippen molar-refractivity contribution in [3.05, 3.63) is 35.4 Å². The first-order valence-corrected chi connectivity index (χ1v) is 6.68. The first-order valence-electron chi connectivity index (χ1n) is 6.68. The van der Waals surface area contributed by atoms with E-state index in [2.05, 4.69) is 0 Å². The van der Waals surface area contributed by atoms with E-state index in [1.807, 2.05) is 0 Å². The van der Waals surface area contributed by atoms with E-state index in [4.69, 9.17) is 0 Å². The van der Waals surface area contributed by atoms with Crippen LogP contribution in [0.5, 0.6) is 0 Å². The van der Waals surface area contributed by atoms with Crippen molar-refractivity contribution in [2.75, 3.05) is 6.54 Å². The first-order chi connectivity index (χ1) is 9.32. The molecule has 2 amide bonds. The third-order valence-corrected chi connectivity index (χ3v) is 3.55. The maximum absolute atomic E-state index is 12.1. The highest BCUT2D eigenvalue weighted by molar-refractivity contribution is 6.21. The van der Waals surface area contributed by atoms with Crippen LogP contribution < -0.4 is 0 Å². The molecule has 1 heterocycles. The minimum Gasteiger partial charge on any atom is -0.390 e. The lowest BCUT2D eigenvalue weighted by molar-refractivity contribution is -0.0523. The maximum Gasteiger partial charge on any atom is 0.261 e. The smallest absolute Gasteiger partial charge is 0.261 e. The Bertz CT molecular complexity index is 498. The summed E-state index contributed by atoms with van der Waals surface area (Å²) in [6.07, 6.45) is -0.0919. The molecule has 0 saturated carbocycles. The van der Waals surface area contributed by atoms with E-state index in [0.717, 1.165) is 0 Å². The van der Waals surface area contributed by atoms with Gasteiger partial charge in [0, 0.05) is 6.54 Å². The summed E-state index contributed by atoms with van der Waals surface area (Å²) in [5.74, 6) is -0.577. The highest BCUT2D eigenvalue weighted by Crippen LogP contribution is 2.23. The highest BCUT2D eigenvalue weighted by Gasteiger charge is 2.35. The van der Waals surface area contributed by atoms with Gasteiger partial charge in [0.05, 0.1) is 22.8 Å². The molecule has 1 aliphatic rings. The van der Waals surface area contributed by atoms with Crippen molar-refractivity contribution in [2.45, 2.75) is 38.4 Å². The number of carbonyl (C=O) groups excluding carboxylic acids is 2. The molecule has 0 fully saturated rings. The number of benzene rings is 1. The Morgan fingerprint density at radius 1 is 1.15 bits per heavy atom. The highest BCUT2D eigenvalue weighted by atomic mass is 16.3. The van der Waals surface area contributed by atoms with E-state index >= 15 is 0 Å². The Hall–Kier alpha value is -1.72. The van der Waals surface area contributed by atoms with E-state index in [1.54, 1.807) is 24.3 Å². The number of amides is 2. The van der Waals surface area contributed by atoms with Gasteiger partial charge in [0.2, 0.25) is 0 Å². The number of imide groups is 1. The van der Waals surface area contributed by atoms with Gasteiger partial charge in [-0.05, 0) is 38.8 Å². The lowest BCUT2D eigenvalue weighted by Gasteiger charge is -2.25. The fourth-order valence-electron chi connectivity index (χ4n) is 2.24. The number of hydrogen-bond acceptors (Lipinski definition) is 4. The number of rotatable bonds is 5. The molecule has 0 aliphatic carbocycles. The largest absolute Gasteiger partial charge is 0.390 e. The SMILES string of the molecule is CC(C)(O)C(O)CCCN1C(=O)c2ccccc2C1=O. The minimum atomic E-state index is -1.18. The molecule has 0 aromatic heterocycles. The fourth-order valence-corrected chi connectivity index (χ4v) is 2.24. The zero-order valence-electron chi connectivity index (χ0n) is 11.7. The van der Waals surface area contributed by atoms with Crippen molar-refractivity contribution >= 4 is 11.8 Å². The van der Waals surface area contributed by atoms with Crippen LogP contribution in [0.1, 0.15) is 47.4 Å². The molecule has 1 unspecified atom stereocenters. The summed E-state index contributed by atoms with van der Waals surface area (Å²) in [5, 5.41) is 19.4. The predicted molar refractivity (Wildman–Crippen MR) is 73.3 cm³/mol. The molecule has 5 nitrogen and oxygen atoms in total. The van der Waals surface area contributed by atoms with Crippen molar-refractivity contribution in [1.82, 2.24) is 4.90 Å². The number of nitrogens with zero attached hydrogens (tertiary/aromatic N) is 1. The van der Waals surface area contributed by atoms with Gasteiger partial charge < -0.3 is 10.2 Å². The van der Waals surface area contributed by atoms with E-state index < -0.39 is 11.7 Å². The van der Waals surface area contributed by atoms with Crippen molar-refractivity contribution in [2.24, 2.45) is 0 Å². The van der Waals surface area contributed by atoms with Gasteiger partial charge in [0.1, 0.15) is 0 Å². The average molecular weight is 277 g/mol. The van der Waals surface area contributed by atoms with Gasteiger partial charge in [-0.15, -0.1) is 0 Å². The van der Waals surface area contributed by atoms with Crippen LogP contribution in [0.2, 0.25) is 0 Å². The van der Waals surface area contributed by atoms with Gasteiger partial charge in [-0.25, -0.2) is 0 Å². The molecule has 5 heteroatoms. The first kappa shape index (κ1) is 14.7. The summed E-state index contributed by atoms with van der Waals surface area (Å²) in [5.41, 5.74) is -0.316. The van der Waals surface area contributed by atoms with Crippen molar-refractivity contribution in [3.8, 4) is 0 Å². The van der Waals surface area contributed by atoms with Gasteiger partial charge >= 0.3 is 0 Å². The zero-order chi connectivity index (χ0) is 14.9. The molecule has 0 spiro atoms. The number of fused-ring (bicyclic) bond motifs is 1. The third kappa shape index (κ3) is 2.73. The monoisotopic (exact) mass is 277 g/mol. The molecule has 0 bridgehead atoms. The van der Waals surface area contributed by atoms with Gasteiger partial charge in [-0.3, -0.25) is 14.5 Å². The molecule has 108 valence electrons. The van der Waals surface area contributed by atoms with Gasteiger partial charge in [0.15, 0.2) is 0 Å². The summed E-state index contributed by atoms with van der Waals surface area (Å²) >= 11 is 0. The summed E-state index contributed by atoms with van der Waals surface area (Å²) < 4.78 is 0. The Kier molecular flexibility index (Phi) is 3.92. The summed E-state index contributed by atoms with van der Waals surface area (Å²) in [6, 6.07) is 6.74. The molecule has 2 N–H and O–H groups in total. The minimum absolute atomic E-state index is 0.249. The lowest BCUT2D eigenvalue weighted by Crippen LogP contribution is -2.37. The molecule has 1 atom stereocenters. The number of hydrogen-bond donors (Lipinski definition) is 2. The van der Waals surface area contributed by atoms with Crippen LogP contribution in [0.25, 0.3) is 0 Å². The average Bonchev–Trinajstić information content (AvgIpc) is 2.63. The maximum atomic E-state index is 12.1. The van der Waals surface area contributed by atoms with Crippen LogP contribution in [-0.2, 0) is 0 Å². The predicted octanol–water partition coefficient (Wildman–Crippen LogP) is 1.19. The van der Waals surface area contributed by atoms with E-state index in [0.29, 0.717) is 24.0 Å². The Balaban J connectivity index is 1.96. The van der Waals surface area contributed by atoms with Gasteiger partial charge in [0.25, 0.3) is 11.8 Å². The second-order valence-electron chi connectivity index (χ2n) is 5.62. The standard InChI is InChI=1S/C15H19NO4/c1-15(2,20)12(17)8-5-9-16-13(18)10-6-3-4-7-11(10)14(16)19/h3-4,6-7,12,17,20H,5,8-9H2,1-2H3. The topological polar surface area (TPSA) is 77.8 Å². The second kappa shape index (κ2) is 5.34. The van der Waals surface area contributed by atoms with E-state index in [-0.39, 0.29) is 18.4 Å². The van der Waals surface area contributed by atoms with Gasteiger partial charge in [-0.1, -0.05) is 12.1 Å². The molecule has 1 aromatic rings. The summed E-state index contributed by atoms with van der Waals surface area (Å²) in [7, 11) is 0. The molecule has 0 radical (unpaired) electrons. The normalized spacial score (nSPS) is 16.5. The fraction of sp³-hybridized carbons (Fsp3) is 0.467. The van der Waals surface area contributed by atoms with Crippen molar-refractivity contribution < 1.29 is 19.8 Å². The third-order valence-electron chi connectivity index (χ3n) is 3.55. The molecular formula is C15H19NO4. The molecule has 20 heavy (non-hydrogen) atoms. The number of aliphatic hydroxyl groups excluding tert-OH is 1. The number of aliphatic hydroxyl groups is 2. The quantitative estimate of drug-likeness (QED) is 0.793. The second-order valence-corrected chi connectivity index (χ2v) is 5.62. The van der Waals surface area contributed by atoms with Crippen LogP contribution in [0.4, 0.5) is 0 Å². The van der Waals surface area contributed by atoms with Gasteiger partial charge in [-0.2, -0.15) is 0 Å². The Morgan fingerprint density at radius 3 is 2.10 bits per heavy atom. The van der Waals surface area contributed by atoms with Crippen molar-refractivity contribution in [1.29, 1.82) is 0 Å².